The maximum absolute atomic E-state index is 13.5. The van der Waals surface area contributed by atoms with E-state index in [4.69, 9.17) is 0 Å². The van der Waals surface area contributed by atoms with E-state index in [9.17, 15) is 17.6 Å². The molecule has 5 rings (SSSR count). The van der Waals surface area contributed by atoms with Gasteiger partial charge in [-0.25, -0.2) is 24.3 Å². The van der Waals surface area contributed by atoms with Crippen molar-refractivity contribution < 1.29 is 17.6 Å². The van der Waals surface area contributed by atoms with Gasteiger partial charge in [-0.05, 0) is 60.0 Å². The predicted octanol–water partition coefficient (Wildman–Crippen LogP) is 6.48. The molecule has 0 saturated carbocycles. The first kappa shape index (κ1) is 23.3. The van der Waals surface area contributed by atoms with Gasteiger partial charge in [0.25, 0.3) is 0 Å². The lowest BCUT2D eigenvalue weighted by Crippen LogP contribution is -2.14. The van der Waals surface area contributed by atoms with Crippen molar-refractivity contribution in [2.24, 2.45) is 0 Å². The molecule has 2 aromatic carbocycles. The number of benzene rings is 2. The van der Waals surface area contributed by atoms with Crippen molar-refractivity contribution >= 4 is 16.7 Å². The Kier molecular flexibility index (Phi) is 6.01. The van der Waals surface area contributed by atoms with Crippen LogP contribution in [0.4, 0.5) is 23.4 Å². The molecule has 6 nitrogen and oxygen atoms in total. The smallest absolute Gasteiger partial charge is 0.363 e. The molecule has 3 aromatic heterocycles. The number of rotatable bonds is 5. The molecule has 10 heteroatoms. The van der Waals surface area contributed by atoms with Crippen LogP contribution in [0.5, 0.6) is 0 Å². The minimum absolute atomic E-state index is 0.341. The number of halogens is 4. The number of nitrogens with one attached hydrogen (secondary N) is 1. The lowest BCUT2D eigenvalue weighted by molar-refractivity contribution is -0.145. The van der Waals surface area contributed by atoms with Crippen LogP contribution in [0, 0.1) is 5.82 Å². The summed E-state index contributed by atoms with van der Waals surface area (Å²) in [6, 6.07) is 13.3. The molecule has 0 amide bonds. The Bertz CT molecular complexity index is 1500. The average molecular weight is 490 g/mol. The highest BCUT2D eigenvalue weighted by atomic mass is 19.4. The third-order valence-corrected chi connectivity index (χ3v) is 5.69. The van der Waals surface area contributed by atoms with Crippen LogP contribution in [0.25, 0.3) is 33.2 Å². The van der Waals surface area contributed by atoms with Crippen LogP contribution in [-0.4, -0.2) is 24.9 Å². The van der Waals surface area contributed by atoms with Crippen molar-refractivity contribution in [2.45, 2.75) is 19.1 Å². The number of nitrogens with zero attached hydrogens (tertiary/aromatic N) is 5. The van der Waals surface area contributed by atoms with Gasteiger partial charge in [0, 0.05) is 41.3 Å². The predicted molar refractivity (Wildman–Crippen MR) is 127 cm³/mol. The lowest BCUT2D eigenvalue weighted by Gasteiger charge is -2.18. The zero-order chi connectivity index (χ0) is 25.3. The van der Waals surface area contributed by atoms with Crippen molar-refractivity contribution in [1.29, 1.82) is 0 Å². The molecule has 3 heterocycles. The van der Waals surface area contributed by atoms with Gasteiger partial charge in [-0.15, -0.1) is 0 Å². The fourth-order valence-corrected chi connectivity index (χ4v) is 3.84. The van der Waals surface area contributed by atoms with Gasteiger partial charge in [0.2, 0.25) is 5.82 Å². The summed E-state index contributed by atoms with van der Waals surface area (Å²) in [5.74, 6) is -1.06. The molecule has 1 N–H and O–H groups in total. The van der Waals surface area contributed by atoms with E-state index in [1.54, 1.807) is 31.5 Å². The Balaban J connectivity index is 1.60. The molecule has 0 spiro atoms. The van der Waals surface area contributed by atoms with Crippen molar-refractivity contribution in [3.63, 3.8) is 0 Å². The van der Waals surface area contributed by atoms with Gasteiger partial charge < -0.3 is 5.32 Å². The van der Waals surface area contributed by atoms with Crippen LogP contribution in [0.2, 0.25) is 0 Å². The molecule has 0 aliphatic rings. The van der Waals surface area contributed by atoms with Crippen LogP contribution in [0.15, 0.2) is 79.6 Å². The summed E-state index contributed by atoms with van der Waals surface area (Å²) in [5, 5.41) is 3.93. The van der Waals surface area contributed by atoms with Gasteiger partial charge in [0.15, 0.2) is 0 Å². The standard InChI is InChI=1S/C26H18F4N6/c1-15(19-12-32-25(33-13-19)26(28,29)30)36-24-22-11-18(16-2-4-20(27)5-3-16)10-21(23(22)34-14-35-24)17-6-8-31-9-7-17/h2-15H,1H3,(H,34,35,36)/t15-/m1/s1. The molecular weight excluding hydrogens is 472 g/mol. The van der Waals surface area contributed by atoms with Crippen molar-refractivity contribution in [1.82, 2.24) is 24.9 Å². The van der Waals surface area contributed by atoms with E-state index in [-0.39, 0.29) is 5.82 Å². The summed E-state index contributed by atoms with van der Waals surface area (Å²) < 4.78 is 52.1. The SMILES string of the molecule is C[C@@H](Nc1ncnc2c(-c3ccncc3)cc(-c3ccc(F)cc3)cc12)c1cnc(C(F)(F)F)nc1. The van der Waals surface area contributed by atoms with Gasteiger partial charge >= 0.3 is 6.18 Å². The van der Waals surface area contributed by atoms with Gasteiger partial charge in [-0.2, -0.15) is 13.2 Å². The van der Waals surface area contributed by atoms with E-state index in [0.29, 0.717) is 22.3 Å². The van der Waals surface area contributed by atoms with Crippen LogP contribution in [0.3, 0.4) is 0 Å². The monoisotopic (exact) mass is 490 g/mol. The molecular formula is C26H18F4N6. The summed E-state index contributed by atoms with van der Waals surface area (Å²) in [5.41, 5.74) is 4.45. The maximum Gasteiger partial charge on any atom is 0.451 e. The molecule has 36 heavy (non-hydrogen) atoms. The summed E-state index contributed by atoms with van der Waals surface area (Å²) >= 11 is 0. The van der Waals surface area contributed by atoms with Crippen LogP contribution in [0.1, 0.15) is 24.4 Å². The second-order valence-electron chi connectivity index (χ2n) is 8.09. The summed E-state index contributed by atoms with van der Waals surface area (Å²) in [6.45, 7) is 1.77. The third-order valence-electron chi connectivity index (χ3n) is 5.69. The number of pyridine rings is 1. The molecule has 0 aliphatic heterocycles. The van der Waals surface area contributed by atoms with E-state index >= 15 is 0 Å². The lowest BCUT2D eigenvalue weighted by atomic mass is 9.96. The van der Waals surface area contributed by atoms with Gasteiger partial charge in [-0.1, -0.05) is 12.1 Å². The van der Waals surface area contributed by atoms with Crippen molar-refractivity contribution in [3.8, 4) is 22.3 Å². The summed E-state index contributed by atoms with van der Waals surface area (Å²) in [7, 11) is 0. The Labute approximate surface area is 203 Å². The molecule has 0 saturated heterocycles. The molecule has 0 bridgehead atoms. The second kappa shape index (κ2) is 9.29. The third kappa shape index (κ3) is 4.70. The molecule has 1 atom stereocenters. The van der Waals surface area contributed by atoms with Crippen molar-refractivity contribution in [2.75, 3.05) is 5.32 Å². The summed E-state index contributed by atoms with van der Waals surface area (Å²) in [4.78, 5) is 19.9. The number of fused-ring (bicyclic) bond motifs is 1. The fourth-order valence-electron chi connectivity index (χ4n) is 3.84. The maximum atomic E-state index is 13.5. The molecule has 0 unspecified atom stereocenters. The van der Waals surface area contributed by atoms with Gasteiger partial charge in [-0.3, -0.25) is 4.98 Å². The normalized spacial score (nSPS) is 12.5. The first-order valence-electron chi connectivity index (χ1n) is 10.9. The van der Waals surface area contributed by atoms with E-state index in [0.717, 1.165) is 34.6 Å². The minimum atomic E-state index is -4.61. The van der Waals surface area contributed by atoms with E-state index in [1.807, 2.05) is 24.3 Å². The Morgan fingerprint density at radius 3 is 2.17 bits per heavy atom. The highest BCUT2D eigenvalue weighted by molar-refractivity contribution is 6.02. The van der Waals surface area contributed by atoms with Crippen molar-refractivity contribution in [3.05, 3.63) is 96.9 Å². The number of hydrogen-bond acceptors (Lipinski definition) is 6. The molecule has 0 fully saturated rings. The molecule has 0 aliphatic carbocycles. The van der Waals surface area contributed by atoms with E-state index in [1.165, 1.54) is 18.5 Å². The number of alkyl halides is 3. The van der Waals surface area contributed by atoms with Crippen LogP contribution in [-0.2, 0) is 6.18 Å². The van der Waals surface area contributed by atoms with E-state index in [2.05, 4.69) is 30.2 Å². The molecule has 180 valence electrons. The highest BCUT2D eigenvalue weighted by Crippen LogP contribution is 2.36. The fraction of sp³-hybridized carbons (Fsp3) is 0.115. The Hall–Kier alpha value is -4.47. The van der Waals surface area contributed by atoms with Gasteiger partial charge in [0.1, 0.15) is 18.0 Å². The van der Waals surface area contributed by atoms with Crippen LogP contribution < -0.4 is 5.32 Å². The number of anilines is 1. The zero-order valence-corrected chi connectivity index (χ0v) is 18.8. The zero-order valence-electron chi connectivity index (χ0n) is 18.8. The number of aromatic nitrogens is 5. The Morgan fingerprint density at radius 1 is 0.806 bits per heavy atom. The van der Waals surface area contributed by atoms with Gasteiger partial charge in [0.05, 0.1) is 11.6 Å². The van der Waals surface area contributed by atoms with E-state index < -0.39 is 18.0 Å². The van der Waals surface area contributed by atoms with Crippen LogP contribution >= 0.6 is 0 Å². The topological polar surface area (TPSA) is 76.5 Å². The largest absolute Gasteiger partial charge is 0.451 e. The number of hydrogen-bond donors (Lipinski definition) is 1. The molecule has 5 aromatic rings. The summed E-state index contributed by atoms with van der Waals surface area (Å²) in [6.07, 6.45) is 2.45. The second-order valence-corrected chi connectivity index (χ2v) is 8.09. The minimum Gasteiger partial charge on any atom is -0.363 e. The Morgan fingerprint density at radius 2 is 1.50 bits per heavy atom. The molecule has 0 radical (unpaired) electrons. The average Bonchev–Trinajstić information content (AvgIpc) is 2.89. The quantitative estimate of drug-likeness (QED) is 0.284. The highest BCUT2D eigenvalue weighted by Gasteiger charge is 2.34. The first-order chi connectivity index (χ1) is 17.3. The first-order valence-corrected chi connectivity index (χ1v) is 10.9.